The fourth-order valence-corrected chi connectivity index (χ4v) is 7.04. The van der Waals surface area contributed by atoms with Gasteiger partial charge in [0.2, 0.25) is 5.91 Å². The summed E-state index contributed by atoms with van der Waals surface area (Å²) in [6.07, 6.45) is 0.300. The fraction of sp³-hybridized carbons (Fsp3) is 0.467. The largest absolute Gasteiger partial charge is 0.495 e. The van der Waals surface area contributed by atoms with Gasteiger partial charge in [0, 0.05) is 17.4 Å². The lowest BCUT2D eigenvalue weighted by atomic mass is 10.2. The molecule has 0 aliphatic carbocycles. The van der Waals surface area contributed by atoms with Crippen LogP contribution in [-0.2, 0) is 14.6 Å². The van der Waals surface area contributed by atoms with Gasteiger partial charge in [-0.15, -0.1) is 0 Å². The molecule has 130 valence electrons. The number of carbonyl (C=O) groups is 1. The summed E-state index contributed by atoms with van der Waals surface area (Å²) in [5.41, 5.74) is 0.709. The Bertz CT molecular complexity index is 810. The van der Waals surface area contributed by atoms with Crippen molar-refractivity contribution in [3.8, 4) is 5.75 Å². The van der Waals surface area contributed by atoms with Crippen LogP contribution in [0.2, 0.25) is 5.02 Å². The van der Waals surface area contributed by atoms with Crippen LogP contribution >= 0.6 is 23.4 Å². The van der Waals surface area contributed by atoms with Gasteiger partial charge < -0.3 is 9.64 Å². The predicted molar refractivity (Wildman–Crippen MR) is 97.0 cm³/mol. The summed E-state index contributed by atoms with van der Waals surface area (Å²) in [6, 6.07) is 4.98. The summed E-state index contributed by atoms with van der Waals surface area (Å²) in [6.45, 7) is 1.74. The minimum atomic E-state index is -3.09. The lowest BCUT2D eigenvalue weighted by Gasteiger charge is -2.25. The van der Waals surface area contributed by atoms with Gasteiger partial charge in [-0.25, -0.2) is 8.42 Å². The van der Waals surface area contributed by atoms with E-state index in [0.717, 1.165) is 0 Å². The minimum Gasteiger partial charge on any atom is -0.495 e. The van der Waals surface area contributed by atoms with Crippen LogP contribution in [0.4, 0.5) is 5.69 Å². The van der Waals surface area contributed by atoms with Crippen LogP contribution in [0.25, 0.3) is 0 Å². The standard InChI is InChI=1S/C15H17ClN2O4S2/c1-3-14(19)17-15-18(9-4-5-12(22-2)10(16)6-9)11-7-24(20,21)8-13(11)23-15/h4-6,11,13H,3,7-8H2,1-2H3/t11-,13-/m1/s1. The first-order valence-electron chi connectivity index (χ1n) is 7.46. The minimum absolute atomic E-state index is 0.0493. The Morgan fingerprint density at radius 1 is 1.46 bits per heavy atom. The van der Waals surface area contributed by atoms with E-state index in [4.69, 9.17) is 16.3 Å². The van der Waals surface area contributed by atoms with Gasteiger partial charge in [-0.05, 0) is 18.2 Å². The van der Waals surface area contributed by atoms with Crippen LogP contribution in [0.3, 0.4) is 0 Å². The van der Waals surface area contributed by atoms with Crippen LogP contribution in [0.15, 0.2) is 23.2 Å². The zero-order chi connectivity index (χ0) is 17.5. The van der Waals surface area contributed by atoms with Gasteiger partial charge in [-0.2, -0.15) is 4.99 Å². The first-order chi connectivity index (χ1) is 11.3. The highest BCUT2D eigenvalue weighted by molar-refractivity contribution is 8.16. The van der Waals surface area contributed by atoms with E-state index < -0.39 is 9.84 Å². The molecule has 2 saturated heterocycles. The van der Waals surface area contributed by atoms with Crippen LogP contribution in [0.5, 0.6) is 5.75 Å². The third kappa shape index (κ3) is 3.27. The number of fused-ring (bicyclic) bond motifs is 1. The molecular formula is C15H17ClN2O4S2. The second-order valence-corrected chi connectivity index (χ2v) is 9.40. The smallest absolute Gasteiger partial charge is 0.247 e. The summed E-state index contributed by atoms with van der Waals surface area (Å²) in [5.74, 6) is 0.450. The maximum absolute atomic E-state index is 12.0. The molecule has 3 rings (SSSR count). The first-order valence-corrected chi connectivity index (χ1v) is 10.5. The summed E-state index contributed by atoms with van der Waals surface area (Å²) < 4.78 is 29.1. The number of thioether (sulfide) groups is 1. The van der Waals surface area contributed by atoms with E-state index in [-0.39, 0.29) is 28.7 Å². The summed E-state index contributed by atoms with van der Waals surface area (Å²) in [7, 11) is -1.56. The highest BCUT2D eigenvalue weighted by atomic mass is 35.5. The second kappa shape index (κ2) is 6.57. The Morgan fingerprint density at radius 2 is 2.21 bits per heavy atom. The van der Waals surface area contributed by atoms with E-state index in [1.165, 1.54) is 18.9 Å². The third-order valence-corrected chi connectivity index (χ3v) is 7.51. The van der Waals surface area contributed by atoms with Gasteiger partial charge in [-0.3, -0.25) is 4.79 Å². The van der Waals surface area contributed by atoms with E-state index in [0.29, 0.717) is 28.0 Å². The molecule has 0 radical (unpaired) electrons. The van der Waals surface area contributed by atoms with Gasteiger partial charge in [0.05, 0.1) is 29.7 Å². The molecule has 0 saturated carbocycles. The lowest BCUT2D eigenvalue weighted by molar-refractivity contribution is -0.117. The number of ether oxygens (including phenoxy) is 1. The van der Waals surface area contributed by atoms with E-state index >= 15 is 0 Å². The molecule has 0 N–H and O–H groups in total. The number of aliphatic imine (C=N–C) groups is 1. The Kier molecular flexibility index (Phi) is 4.81. The Balaban J connectivity index is 2.03. The molecule has 1 aromatic carbocycles. The number of hydrogen-bond donors (Lipinski definition) is 0. The van der Waals surface area contributed by atoms with Crippen LogP contribution in [-0.4, -0.2) is 49.4 Å². The zero-order valence-electron chi connectivity index (χ0n) is 13.2. The number of anilines is 1. The lowest BCUT2D eigenvalue weighted by Crippen LogP contribution is -2.37. The average Bonchev–Trinajstić information content (AvgIpc) is 2.97. The number of hydrogen-bond acceptors (Lipinski definition) is 5. The normalized spacial score (nSPS) is 26.6. The van der Waals surface area contributed by atoms with Crippen molar-refractivity contribution in [3.63, 3.8) is 0 Å². The molecule has 1 aromatic rings. The highest BCUT2D eigenvalue weighted by Crippen LogP contribution is 2.42. The van der Waals surface area contributed by atoms with Gasteiger partial charge in [0.1, 0.15) is 5.75 Å². The molecule has 6 nitrogen and oxygen atoms in total. The van der Waals surface area contributed by atoms with Crippen molar-refractivity contribution in [1.82, 2.24) is 0 Å². The zero-order valence-corrected chi connectivity index (χ0v) is 15.6. The van der Waals surface area contributed by atoms with Crippen LogP contribution in [0, 0.1) is 0 Å². The topological polar surface area (TPSA) is 76.0 Å². The van der Waals surface area contributed by atoms with Gasteiger partial charge in [0.25, 0.3) is 0 Å². The van der Waals surface area contributed by atoms with E-state index in [9.17, 15) is 13.2 Å². The molecule has 24 heavy (non-hydrogen) atoms. The monoisotopic (exact) mass is 388 g/mol. The maximum Gasteiger partial charge on any atom is 0.247 e. The number of methoxy groups -OCH3 is 1. The molecule has 2 fully saturated rings. The van der Waals surface area contributed by atoms with Crippen molar-refractivity contribution < 1.29 is 17.9 Å². The molecule has 2 atom stereocenters. The molecule has 2 aliphatic rings. The molecule has 0 aromatic heterocycles. The quantitative estimate of drug-likeness (QED) is 0.791. The number of carbonyl (C=O) groups excluding carboxylic acids is 1. The number of nitrogens with zero attached hydrogens (tertiary/aromatic N) is 2. The van der Waals surface area contributed by atoms with Crippen molar-refractivity contribution in [2.24, 2.45) is 4.99 Å². The molecule has 9 heteroatoms. The number of sulfone groups is 1. The van der Waals surface area contributed by atoms with Gasteiger partial charge in [-0.1, -0.05) is 30.3 Å². The Labute approximate surface area is 150 Å². The SMILES string of the molecule is CCC(=O)N=C1S[C@@H]2CS(=O)(=O)C[C@H]2N1c1ccc(OC)c(Cl)c1. The fourth-order valence-electron chi connectivity index (χ4n) is 2.86. The third-order valence-electron chi connectivity index (χ3n) is 4.00. The number of halogens is 1. The van der Waals surface area contributed by atoms with Crippen molar-refractivity contribution in [3.05, 3.63) is 23.2 Å². The summed E-state index contributed by atoms with van der Waals surface area (Å²) in [4.78, 5) is 17.7. The van der Waals surface area contributed by atoms with Crippen molar-refractivity contribution in [1.29, 1.82) is 0 Å². The maximum atomic E-state index is 12.0. The molecular weight excluding hydrogens is 372 g/mol. The Morgan fingerprint density at radius 3 is 2.83 bits per heavy atom. The van der Waals surface area contributed by atoms with Crippen LogP contribution in [0.1, 0.15) is 13.3 Å². The van der Waals surface area contributed by atoms with Gasteiger partial charge >= 0.3 is 0 Å². The predicted octanol–water partition coefficient (Wildman–Crippen LogP) is 2.36. The molecule has 0 bridgehead atoms. The number of rotatable bonds is 3. The highest BCUT2D eigenvalue weighted by Gasteiger charge is 2.49. The molecule has 0 unspecified atom stereocenters. The van der Waals surface area contributed by atoms with Crippen molar-refractivity contribution in [2.75, 3.05) is 23.5 Å². The number of amidine groups is 1. The second-order valence-electron chi connectivity index (χ2n) is 5.63. The summed E-state index contributed by atoms with van der Waals surface area (Å²) in [5, 5.41) is 0.831. The average molecular weight is 389 g/mol. The van der Waals surface area contributed by atoms with Gasteiger partial charge in [0.15, 0.2) is 15.0 Å². The summed E-state index contributed by atoms with van der Waals surface area (Å²) >= 11 is 7.55. The van der Waals surface area contributed by atoms with E-state index in [1.807, 2.05) is 4.90 Å². The van der Waals surface area contributed by atoms with E-state index in [2.05, 4.69) is 4.99 Å². The van der Waals surface area contributed by atoms with Crippen molar-refractivity contribution >= 4 is 50.0 Å². The molecule has 0 spiro atoms. The Hall–Kier alpha value is -1.25. The number of benzene rings is 1. The van der Waals surface area contributed by atoms with Crippen molar-refractivity contribution in [2.45, 2.75) is 24.6 Å². The van der Waals surface area contributed by atoms with Crippen LogP contribution < -0.4 is 9.64 Å². The van der Waals surface area contributed by atoms with E-state index in [1.54, 1.807) is 25.1 Å². The molecule has 1 amide bonds. The first kappa shape index (κ1) is 17.6. The molecule has 2 heterocycles. The number of amides is 1. The molecule has 2 aliphatic heterocycles.